The zero-order chi connectivity index (χ0) is 14.6. The number of nitrogens with zero attached hydrogens (tertiary/aromatic N) is 1. The first-order valence-electron chi connectivity index (χ1n) is 5.67. The lowest BCUT2D eigenvalue weighted by Gasteiger charge is -2.18. The van der Waals surface area contributed by atoms with Crippen molar-refractivity contribution in [3.8, 4) is 0 Å². The van der Waals surface area contributed by atoms with Gasteiger partial charge in [-0.2, -0.15) is 0 Å². The summed E-state index contributed by atoms with van der Waals surface area (Å²) in [6.07, 6.45) is 0. The van der Waals surface area contributed by atoms with Gasteiger partial charge in [-0.05, 0) is 12.0 Å². The van der Waals surface area contributed by atoms with Crippen molar-refractivity contribution in [2.24, 2.45) is 11.7 Å². The Bertz CT molecular complexity index is 513. The first-order valence-corrected chi connectivity index (χ1v) is 5.67. The van der Waals surface area contributed by atoms with Gasteiger partial charge in [0.1, 0.15) is 6.04 Å². The van der Waals surface area contributed by atoms with E-state index in [-0.39, 0.29) is 17.2 Å². The smallest absolute Gasteiger partial charge is 0.270 e. The van der Waals surface area contributed by atoms with Gasteiger partial charge in [-0.3, -0.25) is 19.7 Å². The maximum atomic E-state index is 11.9. The Hall–Kier alpha value is -2.44. The van der Waals surface area contributed by atoms with E-state index in [4.69, 9.17) is 5.73 Å². The Morgan fingerprint density at radius 1 is 1.37 bits per heavy atom. The molecule has 7 heteroatoms. The average Bonchev–Trinajstić information content (AvgIpc) is 2.34. The highest BCUT2D eigenvalue weighted by molar-refractivity contribution is 5.97. The Balaban J connectivity index is 2.91. The molecule has 0 aliphatic carbocycles. The first-order chi connectivity index (χ1) is 8.82. The van der Waals surface area contributed by atoms with Crippen LogP contribution in [0.1, 0.15) is 24.2 Å². The van der Waals surface area contributed by atoms with E-state index < -0.39 is 22.8 Å². The van der Waals surface area contributed by atoms with E-state index in [0.29, 0.717) is 0 Å². The molecule has 1 aromatic rings. The second-order valence-corrected chi connectivity index (χ2v) is 4.40. The van der Waals surface area contributed by atoms with Crippen molar-refractivity contribution in [3.05, 3.63) is 39.9 Å². The van der Waals surface area contributed by atoms with Gasteiger partial charge in [0.05, 0.1) is 4.92 Å². The number of carbonyl (C=O) groups excluding carboxylic acids is 2. The number of primary amides is 1. The predicted molar refractivity (Wildman–Crippen MR) is 68.4 cm³/mol. The van der Waals surface area contributed by atoms with Crippen LogP contribution in [-0.2, 0) is 4.79 Å². The van der Waals surface area contributed by atoms with Crippen molar-refractivity contribution >= 4 is 17.5 Å². The van der Waals surface area contributed by atoms with Crippen molar-refractivity contribution in [2.45, 2.75) is 19.9 Å². The van der Waals surface area contributed by atoms with Crippen LogP contribution in [-0.4, -0.2) is 22.8 Å². The molecule has 1 rings (SSSR count). The van der Waals surface area contributed by atoms with E-state index in [1.807, 2.05) is 0 Å². The van der Waals surface area contributed by atoms with Crippen LogP contribution in [0.25, 0.3) is 0 Å². The minimum atomic E-state index is -0.813. The molecule has 0 aliphatic rings. The van der Waals surface area contributed by atoms with Gasteiger partial charge < -0.3 is 11.1 Å². The van der Waals surface area contributed by atoms with Crippen LogP contribution in [0.2, 0.25) is 0 Å². The van der Waals surface area contributed by atoms with Gasteiger partial charge in [-0.1, -0.05) is 19.9 Å². The maximum Gasteiger partial charge on any atom is 0.270 e. The maximum absolute atomic E-state index is 11.9. The van der Waals surface area contributed by atoms with Crippen LogP contribution >= 0.6 is 0 Å². The molecule has 0 aliphatic heterocycles. The zero-order valence-electron chi connectivity index (χ0n) is 10.6. The van der Waals surface area contributed by atoms with Crippen LogP contribution in [0, 0.1) is 16.0 Å². The lowest BCUT2D eigenvalue weighted by atomic mass is 10.0. The van der Waals surface area contributed by atoms with Crippen molar-refractivity contribution in [3.63, 3.8) is 0 Å². The molecule has 1 aromatic carbocycles. The molecule has 7 nitrogen and oxygen atoms in total. The Labute approximate surface area is 109 Å². The van der Waals surface area contributed by atoms with E-state index in [2.05, 4.69) is 5.32 Å². The molecular formula is C12H15N3O4. The number of nitrogens with one attached hydrogen (secondary N) is 1. The molecule has 0 saturated carbocycles. The fourth-order valence-electron chi connectivity index (χ4n) is 1.55. The summed E-state index contributed by atoms with van der Waals surface area (Å²) in [5.41, 5.74) is 5.11. The van der Waals surface area contributed by atoms with Gasteiger partial charge in [-0.15, -0.1) is 0 Å². The Kier molecular flexibility index (Phi) is 4.57. The van der Waals surface area contributed by atoms with Crippen molar-refractivity contribution in [2.75, 3.05) is 0 Å². The number of amides is 2. The van der Waals surface area contributed by atoms with Gasteiger partial charge >= 0.3 is 0 Å². The molecule has 0 radical (unpaired) electrons. The first kappa shape index (κ1) is 14.6. The molecule has 0 saturated heterocycles. The predicted octanol–water partition coefficient (Wildman–Crippen LogP) is 0.835. The summed E-state index contributed by atoms with van der Waals surface area (Å²) < 4.78 is 0. The van der Waals surface area contributed by atoms with E-state index in [9.17, 15) is 19.7 Å². The molecule has 0 spiro atoms. The Morgan fingerprint density at radius 2 is 2.00 bits per heavy atom. The molecule has 0 unspecified atom stereocenters. The van der Waals surface area contributed by atoms with Crippen LogP contribution in [0.15, 0.2) is 24.3 Å². The Morgan fingerprint density at radius 3 is 2.47 bits per heavy atom. The SMILES string of the molecule is CC(C)[C@@H](NC(=O)c1cccc([N+](=O)[O-])c1)C(N)=O. The number of rotatable bonds is 5. The highest BCUT2D eigenvalue weighted by Gasteiger charge is 2.22. The van der Waals surface area contributed by atoms with Crippen molar-refractivity contribution in [1.82, 2.24) is 5.32 Å². The second kappa shape index (κ2) is 5.94. The summed E-state index contributed by atoms with van der Waals surface area (Å²) >= 11 is 0. The minimum Gasteiger partial charge on any atom is -0.368 e. The van der Waals surface area contributed by atoms with Crippen molar-refractivity contribution in [1.29, 1.82) is 0 Å². The second-order valence-electron chi connectivity index (χ2n) is 4.40. The molecule has 0 heterocycles. The summed E-state index contributed by atoms with van der Waals surface area (Å²) in [5, 5.41) is 13.1. The summed E-state index contributed by atoms with van der Waals surface area (Å²) in [7, 11) is 0. The molecular weight excluding hydrogens is 250 g/mol. The molecule has 19 heavy (non-hydrogen) atoms. The van der Waals surface area contributed by atoms with Gasteiger partial charge in [0, 0.05) is 17.7 Å². The van der Waals surface area contributed by atoms with Gasteiger partial charge in [0.2, 0.25) is 5.91 Å². The van der Waals surface area contributed by atoms with E-state index in [0.717, 1.165) is 6.07 Å². The summed E-state index contributed by atoms with van der Waals surface area (Å²) in [5.74, 6) is -1.38. The molecule has 3 N–H and O–H groups in total. The quantitative estimate of drug-likeness (QED) is 0.606. The third-order valence-electron chi connectivity index (χ3n) is 2.58. The largest absolute Gasteiger partial charge is 0.368 e. The van der Waals surface area contributed by atoms with Crippen LogP contribution in [0.4, 0.5) is 5.69 Å². The molecule has 2 amide bonds. The summed E-state index contributed by atoms with van der Waals surface area (Å²) in [6.45, 7) is 3.48. The normalized spacial score (nSPS) is 11.9. The minimum absolute atomic E-state index is 0.112. The number of nitrogens with two attached hydrogens (primary N) is 1. The van der Waals surface area contributed by atoms with Gasteiger partial charge in [0.15, 0.2) is 0 Å². The summed E-state index contributed by atoms with van der Waals surface area (Å²) in [4.78, 5) is 33.1. The average molecular weight is 265 g/mol. The third-order valence-corrected chi connectivity index (χ3v) is 2.58. The number of hydrogen-bond donors (Lipinski definition) is 2. The third kappa shape index (κ3) is 3.77. The van der Waals surface area contributed by atoms with Crippen LogP contribution < -0.4 is 11.1 Å². The lowest BCUT2D eigenvalue weighted by Crippen LogP contribution is -2.47. The molecule has 102 valence electrons. The fourth-order valence-corrected chi connectivity index (χ4v) is 1.55. The lowest BCUT2D eigenvalue weighted by molar-refractivity contribution is -0.384. The topological polar surface area (TPSA) is 115 Å². The van der Waals surface area contributed by atoms with Gasteiger partial charge in [0.25, 0.3) is 11.6 Å². The monoisotopic (exact) mass is 265 g/mol. The van der Waals surface area contributed by atoms with E-state index in [1.165, 1.54) is 18.2 Å². The van der Waals surface area contributed by atoms with Crippen LogP contribution in [0.5, 0.6) is 0 Å². The number of hydrogen-bond acceptors (Lipinski definition) is 4. The fraction of sp³-hybridized carbons (Fsp3) is 0.333. The van der Waals surface area contributed by atoms with Crippen molar-refractivity contribution < 1.29 is 14.5 Å². The molecule has 1 atom stereocenters. The van der Waals surface area contributed by atoms with E-state index >= 15 is 0 Å². The number of benzene rings is 1. The summed E-state index contributed by atoms with van der Waals surface area (Å²) in [6, 6.07) is 4.45. The standard InChI is InChI=1S/C12H15N3O4/c1-7(2)10(11(13)16)14-12(17)8-4-3-5-9(6-8)15(18)19/h3-7,10H,1-2H3,(H2,13,16)(H,14,17)/t10-/m1/s1. The molecule has 0 bridgehead atoms. The zero-order valence-corrected chi connectivity index (χ0v) is 10.6. The van der Waals surface area contributed by atoms with E-state index in [1.54, 1.807) is 13.8 Å². The van der Waals surface area contributed by atoms with Crippen LogP contribution in [0.3, 0.4) is 0 Å². The van der Waals surface area contributed by atoms with Gasteiger partial charge in [-0.25, -0.2) is 0 Å². The highest BCUT2D eigenvalue weighted by Crippen LogP contribution is 2.13. The number of nitro benzene ring substituents is 1. The number of nitro groups is 1. The molecule has 0 aromatic heterocycles. The number of non-ortho nitro benzene ring substituents is 1. The highest BCUT2D eigenvalue weighted by atomic mass is 16.6. The number of carbonyl (C=O) groups is 2. The molecule has 0 fully saturated rings.